The number of hydrogen-bond donors (Lipinski definition) is 0. The quantitative estimate of drug-likeness (QED) is 0.388. The van der Waals surface area contributed by atoms with Gasteiger partial charge in [-0.15, -0.1) is 0 Å². The lowest BCUT2D eigenvalue weighted by atomic mass is 9.96. The van der Waals surface area contributed by atoms with Crippen LogP contribution >= 0.6 is 11.6 Å². The Bertz CT molecular complexity index is 1370. The molecule has 1 aliphatic rings. The lowest BCUT2D eigenvalue weighted by Crippen LogP contribution is -2.49. The largest absolute Gasteiger partial charge is 0.471 e. The molecule has 3 aromatic rings. The summed E-state index contributed by atoms with van der Waals surface area (Å²) >= 11 is 6.03. The van der Waals surface area contributed by atoms with E-state index in [1.165, 1.54) is 4.68 Å². The Morgan fingerprint density at radius 3 is 2.51 bits per heavy atom. The first-order valence-corrected chi connectivity index (χ1v) is 13.4. The second-order valence-corrected chi connectivity index (χ2v) is 11.7. The third kappa shape index (κ3) is 7.36. The number of hydrogen-bond acceptors (Lipinski definition) is 5. The van der Waals surface area contributed by atoms with Crippen LogP contribution in [0.3, 0.4) is 0 Å². The van der Waals surface area contributed by atoms with Crippen LogP contribution in [0.15, 0.2) is 47.5 Å². The van der Waals surface area contributed by atoms with Crippen molar-refractivity contribution in [2.45, 2.75) is 58.8 Å². The molecule has 1 aromatic carbocycles. The minimum atomic E-state index is -4.92. The molecule has 7 nitrogen and oxygen atoms in total. The number of aromatic nitrogens is 3. The fraction of sp³-hybridized carbons (Fsp3) is 0.500. The average molecular weight is 564 g/mol. The van der Waals surface area contributed by atoms with Crippen LogP contribution in [0.5, 0.6) is 0 Å². The Labute approximate surface area is 230 Å². The summed E-state index contributed by atoms with van der Waals surface area (Å²) < 4.78 is 41.3. The van der Waals surface area contributed by atoms with Crippen molar-refractivity contribution < 1.29 is 18.0 Å². The van der Waals surface area contributed by atoms with Gasteiger partial charge in [0.15, 0.2) is 0 Å². The maximum Gasteiger partial charge on any atom is 0.471 e. The number of rotatable bonds is 8. The zero-order valence-corrected chi connectivity index (χ0v) is 23.1. The fourth-order valence-electron chi connectivity index (χ4n) is 5.09. The van der Waals surface area contributed by atoms with Gasteiger partial charge in [0.05, 0.1) is 17.6 Å². The smallest absolute Gasteiger partial charge is 0.333 e. The first-order valence-electron chi connectivity index (χ1n) is 13.0. The van der Waals surface area contributed by atoms with E-state index in [2.05, 4.69) is 9.88 Å². The molecule has 3 heterocycles. The van der Waals surface area contributed by atoms with Crippen molar-refractivity contribution in [3.8, 4) is 0 Å². The lowest BCUT2D eigenvalue weighted by Gasteiger charge is -2.33. The summed E-state index contributed by atoms with van der Waals surface area (Å²) in [7, 11) is 0. The van der Waals surface area contributed by atoms with Gasteiger partial charge in [-0.2, -0.15) is 18.3 Å². The van der Waals surface area contributed by atoms with Crippen LogP contribution < -0.4 is 5.56 Å². The van der Waals surface area contributed by atoms with Crippen LogP contribution in [0.1, 0.15) is 44.9 Å². The van der Waals surface area contributed by atoms with Gasteiger partial charge in [0.25, 0.3) is 5.56 Å². The zero-order valence-electron chi connectivity index (χ0n) is 22.3. The number of carbonyl (C=O) groups excluding carboxylic acids is 1. The van der Waals surface area contributed by atoms with E-state index in [0.717, 1.165) is 23.3 Å². The maximum atomic E-state index is 13.4. The minimum Gasteiger partial charge on any atom is -0.333 e. The standard InChI is InChI=1S/C28H33ClF3N5O2/c1-27(2,3)18-36(26(39)28(30,31)32)14-13-35-12-4-5-21(35)17-37-25(38)22-10-11-33-16-23(22)24(34-37)15-19-6-8-20(29)9-7-19/h6-11,16,21H,4-5,12-15,17-18H2,1-3H3/t21-/m1/s1. The molecule has 0 radical (unpaired) electrons. The van der Waals surface area contributed by atoms with Gasteiger partial charge in [-0.3, -0.25) is 19.5 Å². The van der Waals surface area contributed by atoms with Crippen molar-refractivity contribution in [3.63, 3.8) is 0 Å². The van der Waals surface area contributed by atoms with E-state index >= 15 is 0 Å². The summed E-state index contributed by atoms with van der Waals surface area (Å²) in [6.07, 6.45) is 0.400. The number of carbonyl (C=O) groups is 1. The number of halogens is 4. The van der Waals surface area contributed by atoms with E-state index in [9.17, 15) is 22.8 Å². The topological polar surface area (TPSA) is 71.3 Å². The van der Waals surface area contributed by atoms with Crippen molar-refractivity contribution in [1.29, 1.82) is 0 Å². The number of nitrogens with zero attached hydrogens (tertiary/aromatic N) is 5. The molecule has 210 valence electrons. The Balaban J connectivity index is 1.55. The average Bonchev–Trinajstić information content (AvgIpc) is 3.31. The first-order chi connectivity index (χ1) is 18.3. The molecule has 0 N–H and O–H groups in total. The van der Waals surface area contributed by atoms with E-state index in [1.54, 1.807) is 51.4 Å². The number of benzene rings is 1. The molecule has 1 amide bonds. The monoisotopic (exact) mass is 563 g/mol. The third-order valence-corrected chi connectivity index (χ3v) is 7.11. The highest BCUT2D eigenvalue weighted by Gasteiger charge is 2.43. The van der Waals surface area contributed by atoms with Crippen molar-refractivity contribution in [3.05, 3.63) is 69.4 Å². The predicted molar refractivity (Wildman–Crippen MR) is 145 cm³/mol. The van der Waals surface area contributed by atoms with Crippen LogP contribution in [-0.4, -0.2) is 68.9 Å². The van der Waals surface area contributed by atoms with Gasteiger partial charge in [-0.05, 0) is 48.6 Å². The van der Waals surface area contributed by atoms with Crippen LogP contribution in [0.25, 0.3) is 10.8 Å². The Morgan fingerprint density at radius 2 is 1.85 bits per heavy atom. The van der Waals surface area contributed by atoms with Crippen LogP contribution in [-0.2, 0) is 17.8 Å². The van der Waals surface area contributed by atoms with Crippen LogP contribution in [0.2, 0.25) is 5.02 Å². The normalized spacial score (nSPS) is 16.6. The van der Waals surface area contributed by atoms with E-state index in [0.29, 0.717) is 41.0 Å². The number of alkyl halides is 3. The van der Waals surface area contributed by atoms with E-state index < -0.39 is 17.5 Å². The summed E-state index contributed by atoms with van der Waals surface area (Å²) in [6.45, 7) is 6.63. The summed E-state index contributed by atoms with van der Waals surface area (Å²) in [5, 5.41) is 6.53. The highest BCUT2D eigenvalue weighted by molar-refractivity contribution is 6.30. The molecular weight excluding hydrogens is 531 g/mol. The number of likely N-dealkylation sites (tertiary alicyclic amines) is 1. The molecule has 1 atom stereocenters. The van der Waals surface area contributed by atoms with Crippen molar-refractivity contribution in [2.24, 2.45) is 5.41 Å². The number of fused-ring (bicyclic) bond motifs is 1. The van der Waals surface area contributed by atoms with E-state index in [1.807, 2.05) is 12.1 Å². The van der Waals surface area contributed by atoms with Gasteiger partial charge >= 0.3 is 12.1 Å². The van der Waals surface area contributed by atoms with Crippen molar-refractivity contribution >= 4 is 28.3 Å². The van der Waals surface area contributed by atoms with E-state index in [-0.39, 0.29) is 31.2 Å². The molecule has 1 saturated heterocycles. The molecule has 2 aromatic heterocycles. The van der Waals surface area contributed by atoms with Crippen LogP contribution in [0.4, 0.5) is 13.2 Å². The minimum absolute atomic E-state index is 0.00235. The molecule has 0 bridgehead atoms. The summed E-state index contributed by atoms with van der Waals surface area (Å²) in [5.41, 5.74) is 0.971. The van der Waals surface area contributed by atoms with Gasteiger partial charge in [-0.25, -0.2) is 4.68 Å². The third-order valence-electron chi connectivity index (χ3n) is 6.86. The molecule has 0 unspecified atom stereocenters. The van der Waals surface area contributed by atoms with E-state index in [4.69, 9.17) is 16.7 Å². The number of amides is 1. The molecule has 1 fully saturated rings. The zero-order chi connectivity index (χ0) is 28.4. The van der Waals surface area contributed by atoms with Gasteiger partial charge in [0, 0.05) is 54.9 Å². The second-order valence-electron chi connectivity index (χ2n) is 11.3. The highest BCUT2D eigenvalue weighted by atomic mass is 35.5. The molecule has 1 aliphatic heterocycles. The summed E-state index contributed by atoms with van der Waals surface area (Å²) in [6, 6.07) is 9.01. The van der Waals surface area contributed by atoms with Crippen LogP contribution in [0, 0.1) is 5.41 Å². The predicted octanol–water partition coefficient (Wildman–Crippen LogP) is 4.94. The van der Waals surface area contributed by atoms with Gasteiger partial charge in [0.2, 0.25) is 0 Å². The number of pyridine rings is 1. The highest BCUT2D eigenvalue weighted by Crippen LogP contribution is 2.25. The molecule has 0 aliphatic carbocycles. The SMILES string of the molecule is CC(C)(C)CN(CCN1CCC[C@@H]1Cn1nc(Cc2ccc(Cl)cc2)c2cnccc2c1=O)C(=O)C(F)(F)F. The fourth-order valence-corrected chi connectivity index (χ4v) is 5.22. The Morgan fingerprint density at radius 1 is 1.13 bits per heavy atom. The Kier molecular flexibility index (Phi) is 8.66. The summed E-state index contributed by atoms with van der Waals surface area (Å²) in [5.74, 6) is -1.82. The molecule has 0 spiro atoms. The maximum absolute atomic E-state index is 13.4. The Hall–Kier alpha value is -2.98. The molecular formula is C28H33ClF3N5O2. The lowest BCUT2D eigenvalue weighted by molar-refractivity contribution is -0.186. The second kappa shape index (κ2) is 11.6. The van der Waals surface area contributed by atoms with Crippen molar-refractivity contribution in [1.82, 2.24) is 24.6 Å². The summed E-state index contributed by atoms with van der Waals surface area (Å²) in [4.78, 5) is 32.6. The molecule has 4 rings (SSSR count). The molecule has 11 heteroatoms. The first kappa shape index (κ1) is 29.0. The molecule has 39 heavy (non-hydrogen) atoms. The molecule has 0 saturated carbocycles. The van der Waals surface area contributed by atoms with Gasteiger partial charge in [0.1, 0.15) is 0 Å². The van der Waals surface area contributed by atoms with Gasteiger partial charge < -0.3 is 4.90 Å². The van der Waals surface area contributed by atoms with Gasteiger partial charge in [-0.1, -0.05) is 44.5 Å². The van der Waals surface area contributed by atoms with Crippen molar-refractivity contribution in [2.75, 3.05) is 26.2 Å².